The Bertz CT molecular complexity index is 478. The average Bonchev–Trinajstić information content (AvgIpc) is 2.87. The van der Waals surface area contributed by atoms with E-state index in [1.807, 2.05) is 6.07 Å². The minimum absolute atomic E-state index is 0.250. The van der Waals surface area contributed by atoms with Gasteiger partial charge in [-0.25, -0.2) is 4.79 Å². The Morgan fingerprint density at radius 2 is 2.10 bits per heavy atom. The third kappa shape index (κ3) is 4.05. The van der Waals surface area contributed by atoms with Gasteiger partial charge in [0.25, 0.3) is 0 Å². The van der Waals surface area contributed by atoms with Crippen molar-refractivity contribution in [2.75, 3.05) is 20.8 Å². The van der Waals surface area contributed by atoms with Crippen LogP contribution in [-0.2, 0) is 11.3 Å². The second-order valence-corrected chi connectivity index (χ2v) is 7.21. The number of thiophene rings is 1. The smallest absolute Gasteiger partial charge is 0.348 e. The molecule has 1 aliphatic rings. The molecule has 0 atom stereocenters. The molecule has 0 bridgehead atoms. The van der Waals surface area contributed by atoms with Crippen LogP contribution in [0.2, 0.25) is 0 Å². The summed E-state index contributed by atoms with van der Waals surface area (Å²) >= 11 is 1.51. The van der Waals surface area contributed by atoms with Gasteiger partial charge >= 0.3 is 5.97 Å². The summed E-state index contributed by atoms with van der Waals surface area (Å²) in [4.78, 5) is 15.8. The van der Waals surface area contributed by atoms with Crippen LogP contribution in [-0.4, -0.2) is 42.8 Å². The second-order valence-electron chi connectivity index (χ2n) is 5.96. The number of rotatable bonds is 5. The number of carbonyl (C=O) groups excluding carboxylic acids is 1. The molecule has 4 nitrogen and oxygen atoms in total. The lowest BCUT2D eigenvalue weighted by atomic mass is 9.86. The molecule has 1 heterocycles. The molecule has 1 fully saturated rings. The van der Waals surface area contributed by atoms with Crippen molar-refractivity contribution in [1.82, 2.24) is 4.90 Å². The fourth-order valence-corrected chi connectivity index (χ4v) is 4.00. The van der Waals surface area contributed by atoms with Gasteiger partial charge in [-0.05, 0) is 57.2 Å². The summed E-state index contributed by atoms with van der Waals surface area (Å²) in [5, 5.41) is 9.21. The van der Waals surface area contributed by atoms with Gasteiger partial charge in [-0.2, -0.15) is 0 Å². The van der Waals surface area contributed by atoms with Crippen molar-refractivity contribution in [2.45, 2.75) is 45.2 Å². The van der Waals surface area contributed by atoms with Crippen LogP contribution >= 0.6 is 11.3 Å². The Labute approximate surface area is 130 Å². The number of methoxy groups -OCH3 is 1. The van der Waals surface area contributed by atoms with Crippen LogP contribution in [0.3, 0.4) is 0 Å². The van der Waals surface area contributed by atoms with Gasteiger partial charge in [0.2, 0.25) is 0 Å². The zero-order valence-electron chi connectivity index (χ0n) is 13.1. The molecule has 118 valence electrons. The van der Waals surface area contributed by atoms with Gasteiger partial charge in [-0.1, -0.05) is 0 Å². The minimum atomic E-state index is -0.250. The molecule has 0 aliphatic heterocycles. The number of aryl methyl sites for hydroxylation is 1. The summed E-state index contributed by atoms with van der Waals surface area (Å²) in [5.74, 6) is 0.240. The Kier molecular flexibility index (Phi) is 5.79. The van der Waals surface area contributed by atoms with Crippen LogP contribution in [0.4, 0.5) is 0 Å². The maximum atomic E-state index is 11.6. The number of nitrogens with zero attached hydrogens (tertiary/aromatic N) is 1. The standard InChI is InChI=1S/C16H25NO3S/c1-11-13(8-15(21-11)16(19)20-3)9-17(2)14-6-4-12(10-18)5-7-14/h8,12,14,18H,4-7,9-10H2,1-3H3. The molecule has 1 aromatic heterocycles. The molecule has 21 heavy (non-hydrogen) atoms. The Morgan fingerprint density at radius 3 is 2.67 bits per heavy atom. The van der Waals surface area contributed by atoms with Crippen molar-refractivity contribution in [3.63, 3.8) is 0 Å². The first kappa shape index (κ1) is 16.5. The molecule has 1 aliphatic carbocycles. The molecule has 0 saturated heterocycles. The molecule has 1 N–H and O–H groups in total. The van der Waals surface area contributed by atoms with E-state index in [-0.39, 0.29) is 5.97 Å². The van der Waals surface area contributed by atoms with E-state index >= 15 is 0 Å². The van der Waals surface area contributed by atoms with Crippen molar-refractivity contribution in [3.05, 3.63) is 21.4 Å². The first-order chi connectivity index (χ1) is 10.0. The molecule has 0 amide bonds. The highest BCUT2D eigenvalue weighted by Crippen LogP contribution is 2.29. The number of hydrogen-bond donors (Lipinski definition) is 1. The van der Waals surface area contributed by atoms with Gasteiger partial charge in [0.15, 0.2) is 0 Å². The number of aliphatic hydroxyl groups excluding tert-OH is 1. The fourth-order valence-electron chi connectivity index (χ4n) is 3.04. The zero-order chi connectivity index (χ0) is 15.4. The predicted octanol–water partition coefficient (Wildman–Crippen LogP) is 2.83. The van der Waals surface area contributed by atoms with Crippen molar-refractivity contribution in [2.24, 2.45) is 5.92 Å². The van der Waals surface area contributed by atoms with Crippen molar-refractivity contribution in [1.29, 1.82) is 0 Å². The van der Waals surface area contributed by atoms with Gasteiger partial charge in [0.1, 0.15) is 4.88 Å². The third-order valence-corrected chi connectivity index (χ3v) is 5.60. The summed E-state index contributed by atoms with van der Waals surface area (Å²) in [5.41, 5.74) is 1.21. The molecule has 0 radical (unpaired) electrons. The molecule has 0 aromatic carbocycles. The number of aliphatic hydroxyl groups is 1. The highest BCUT2D eigenvalue weighted by molar-refractivity contribution is 7.14. The molecule has 1 saturated carbocycles. The second kappa shape index (κ2) is 7.38. The number of ether oxygens (including phenoxy) is 1. The largest absolute Gasteiger partial charge is 0.465 e. The van der Waals surface area contributed by atoms with E-state index < -0.39 is 0 Å². The molecule has 5 heteroatoms. The topological polar surface area (TPSA) is 49.8 Å². The number of hydrogen-bond acceptors (Lipinski definition) is 5. The van der Waals surface area contributed by atoms with Crippen molar-refractivity contribution >= 4 is 17.3 Å². The predicted molar refractivity (Wildman–Crippen MR) is 84.7 cm³/mol. The first-order valence-electron chi connectivity index (χ1n) is 7.53. The fraction of sp³-hybridized carbons (Fsp3) is 0.688. The summed E-state index contributed by atoms with van der Waals surface area (Å²) in [7, 11) is 3.57. The normalized spacial score (nSPS) is 22.5. The average molecular weight is 311 g/mol. The maximum absolute atomic E-state index is 11.6. The first-order valence-corrected chi connectivity index (χ1v) is 8.35. The molecular weight excluding hydrogens is 286 g/mol. The van der Waals surface area contributed by atoms with Gasteiger partial charge in [-0.15, -0.1) is 11.3 Å². The SMILES string of the molecule is COC(=O)c1cc(CN(C)C2CCC(CO)CC2)c(C)s1. The van der Waals surface area contributed by atoms with Gasteiger partial charge in [0, 0.05) is 24.1 Å². The van der Waals surface area contributed by atoms with Gasteiger partial charge in [0.05, 0.1) is 7.11 Å². The highest BCUT2D eigenvalue weighted by Gasteiger charge is 2.24. The lowest BCUT2D eigenvalue weighted by molar-refractivity contribution is 0.0606. The summed E-state index contributed by atoms with van der Waals surface area (Å²) in [6.07, 6.45) is 4.52. The minimum Gasteiger partial charge on any atom is -0.465 e. The summed E-state index contributed by atoms with van der Waals surface area (Å²) in [6.45, 7) is 3.25. The third-order valence-electron chi connectivity index (χ3n) is 4.52. The van der Waals surface area contributed by atoms with Gasteiger partial charge in [-0.3, -0.25) is 4.90 Å². The molecule has 0 unspecified atom stereocenters. The van der Waals surface area contributed by atoms with E-state index in [2.05, 4.69) is 18.9 Å². The summed E-state index contributed by atoms with van der Waals surface area (Å²) < 4.78 is 4.78. The lowest BCUT2D eigenvalue weighted by Crippen LogP contribution is -2.35. The maximum Gasteiger partial charge on any atom is 0.348 e. The van der Waals surface area contributed by atoms with E-state index in [1.165, 1.54) is 28.9 Å². The molecule has 0 spiro atoms. The van der Waals surface area contributed by atoms with Gasteiger partial charge < -0.3 is 9.84 Å². The van der Waals surface area contributed by atoms with Crippen LogP contribution in [0.5, 0.6) is 0 Å². The molecule has 1 aromatic rings. The van der Waals surface area contributed by atoms with E-state index in [1.54, 1.807) is 0 Å². The lowest BCUT2D eigenvalue weighted by Gasteiger charge is -2.34. The van der Waals surface area contributed by atoms with Crippen LogP contribution in [0.1, 0.15) is 45.8 Å². The highest BCUT2D eigenvalue weighted by atomic mass is 32.1. The van der Waals surface area contributed by atoms with Crippen molar-refractivity contribution < 1.29 is 14.6 Å². The number of carbonyl (C=O) groups is 1. The van der Waals surface area contributed by atoms with Crippen molar-refractivity contribution in [3.8, 4) is 0 Å². The Balaban J connectivity index is 1.95. The molecule has 2 rings (SSSR count). The van der Waals surface area contributed by atoms with Crippen LogP contribution < -0.4 is 0 Å². The van der Waals surface area contributed by atoms with E-state index in [0.717, 1.165) is 32.2 Å². The quantitative estimate of drug-likeness (QED) is 0.850. The van der Waals surface area contributed by atoms with E-state index in [9.17, 15) is 9.90 Å². The van der Waals surface area contributed by atoms with E-state index in [4.69, 9.17) is 4.74 Å². The van der Waals surface area contributed by atoms with E-state index in [0.29, 0.717) is 23.4 Å². The Hall–Kier alpha value is -0.910. The monoisotopic (exact) mass is 311 g/mol. The Morgan fingerprint density at radius 1 is 1.43 bits per heavy atom. The summed E-state index contributed by atoms with van der Waals surface area (Å²) in [6, 6.07) is 2.54. The van der Waals surface area contributed by atoms with Crippen LogP contribution in [0.15, 0.2) is 6.07 Å². The van der Waals surface area contributed by atoms with Crippen LogP contribution in [0, 0.1) is 12.8 Å². The van der Waals surface area contributed by atoms with Crippen LogP contribution in [0.25, 0.3) is 0 Å². The number of esters is 1. The zero-order valence-corrected chi connectivity index (χ0v) is 13.9. The molecular formula is C16H25NO3S.